The van der Waals surface area contributed by atoms with Gasteiger partial charge in [-0.1, -0.05) is 49.7 Å². The number of anilines is 1. The molecule has 1 unspecified atom stereocenters. The maximum Gasteiger partial charge on any atom is 0.326 e. The fourth-order valence-corrected chi connectivity index (χ4v) is 2.20. The standard InChI is InChI=1S/C16H18N2O3/c1-2-6-14(15(19)20)18-16(21)17-13-10-5-8-11-7-3-4-9-12(11)13/h3-5,7-10,14H,2,6H2,1H3,(H,19,20)(H2,17,18,21). The molecule has 21 heavy (non-hydrogen) atoms. The summed E-state index contributed by atoms with van der Waals surface area (Å²) in [5, 5.41) is 16.2. The molecule has 2 aromatic rings. The Morgan fingerprint density at radius 1 is 1.14 bits per heavy atom. The van der Waals surface area contributed by atoms with Gasteiger partial charge in [-0.3, -0.25) is 0 Å². The van der Waals surface area contributed by atoms with E-state index in [2.05, 4.69) is 10.6 Å². The van der Waals surface area contributed by atoms with Crippen molar-refractivity contribution < 1.29 is 14.7 Å². The van der Waals surface area contributed by atoms with Gasteiger partial charge in [0.05, 0.1) is 5.69 Å². The van der Waals surface area contributed by atoms with E-state index < -0.39 is 18.0 Å². The zero-order valence-corrected chi connectivity index (χ0v) is 11.8. The SMILES string of the molecule is CCCC(NC(=O)Nc1cccc2ccccc12)C(=O)O. The van der Waals surface area contributed by atoms with Gasteiger partial charge in [0.2, 0.25) is 0 Å². The number of carboxylic acid groups (broad SMARTS) is 1. The lowest BCUT2D eigenvalue weighted by molar-refractivity contribution is -0.139. The van der Waals surface area contributed by atoms with Gasteiger partial charge in [-0.25, -0.2) is 9.59 Å². The van der Waals surface area contributed by atoms with Crippen LogP contribution in [0.3, 0.4) is 0 Å². The average Bonchev–Trinajstić information content (AvgIpc) is 2.47. The minimum absolute atomic E-state index is 0.401. The van der Waals surface area contributed by atoms with Gasteiger partial charge in [0, 0.05) is 5.39 Å². The molecule has 5 heteroatoms. The first-order chi connectivity index (χ1) is 10.1. The van der Waals surface area contributed by atoms with Crippen LogP contribution >= 0.6 is 0 Å². The summed E-state index contributed by atoms with van der Waals surface area (Å²) in [7, 11) is 0. The number of urea groups is 1. The monoisotopic (exact) mass is 286 g/mol. The molecule has 0 heterocycles. The second-order valence-electron chi connectivity index (χ2n) is 4.80. The van der Waals surface area contributed by atoms with E-state index in [0.717, 1.165) is 10.8 Å². The molecule has 0 spiro atoms. The number of carboxylic acids is 1. The van der Waals surface area contributed by atoms with Crippen molar-refractivity contribution in [2.45, 2.75) is 25.8 Å². The molecule has 2 rings (SSSR count). The average molecular weight is 286 g/mol. The van der Waals surface area contributed by atoms with Crippen molar-refractivity contribution >= 4 is 28.5 Å². The van der Waals surface area contributed by atoms with Gasteiger partial charge in [0.15, 0.2) is 0 Å². The largest absolute Gasteiger partial charge is 0.480 e. The second kappa shape index (κ2) is 6.74. The summed E-state index contributed by atoms with van der Waals surface area (Å²) in [6.45, 7) is 1.88. The van der Waals surface area contributed by atoms with Crippen LogP contribution in [0.1, 0.15) is 19.8 Å². The zero-order chi connectivity index (χ0) is 15.2. The number of hydrogen-bond donors (Lipinski definition) is 3. The lowest BCUT2D eigenvalue weighted by Crippen LogP contribution is -2.42. The molecule has 1 atom stereocenters. The summed E-state index contributed by atoms with van der Waals surface area (Å²) in [6, 6.07) is 11.9. The normalized spacial score (nSPS) is 11.9. The maximum absolute atomic E-state index is 12.0. The molecule has 0 radical (unpaired) electrons. The third-order valence-corrected chi connectivity index (χ3v) is 3.22. The first-order valence-corrected chi connectivity index (χ1v) is 6.90. The van der Waals surface area contributed by atoms with Crippen molar-refractivity contribution in [1.82, 2.24) is 5.32 Å². The molecule has 0 aliphatic carbocycles. The van der Waals surface area contributed by atoms with Crippen LogP contribution in [0.2, 0.25) is 0 Å². The maximum atomic E-state index is 12.0. The number of carbonyl (C=O) groups is 2. The van der Waals surface area contributed by atoms with Crippen LogP contribution in [0.4, 0.5) is 10.5 Å². The van der Waals surface area contributed by atoms with Gasteiger partial charge >= 0.3 is 12.0 Å². The molecule has 0 aromatic heterocycles. The molecule has 0 aliphatic heterocycles. The van der Waals surface area contributed by atoms with E-state index in [1.807, 2.05) is 43.3 Å². The Hall–Kier alpha value is -2.56. The summed E-state index contributed by atoms with van der Waals surface area (Å²) in [4.78, 5) is 23.0. The molecule has 5 nitrogen and oxygen atoms in total. The third kappa shape index (κ3) is 3.72. The number of fused-ring (bicyclic) bond motifs is 1. The van der Waals surface area contributed by atoms with Crippen molar-refractivity contribution in [2.75, 3.05) is 5.32 Å². The fraction of sp³-hybridized carbons (Fsp3) is 0.250. The van der Waals surface area contributed by atoms with Crippen LogP contribution in [-0.2, 0) is 4.79 Å². The van der Waals surface area contributed by atoms with E-state index in [-0.39, 0.29) is 0 Å². The van der Waals surface area contributed by atoms with E-state index in [4.69, 9.17) is 5.11 Å². The minimum Gasteiger partial charge on any atom is -0.480 e. The lowest BCUT2D eigenvalue weighted by atomic mass is 10.1. The molecule has 0 bridgehead atoms. The molecule has 0 aliphatic rings. The van der Waals surface area contributed by atoms with E-state index >= 15 is 0 Å². The number of carbonyl (C=O) groups excluding carboxylic acids is 1. The van der Waals surface area contributed by atoms with Crippen molar-refractivity contribution in [3.8, 4) is 0 Å². The van der Waals surface area contributed by atoms with Crippen LogP contribution in [-0.4, -0.2) is 23.1 Å². The third-order valence-electron chi connectivity index (χ3n) is 3.22. The van der Waals surface area contributed by atoms with E-state index in [1.165, 1.54) is 0 Å². The molecule has 110 valence electrons. The summed E-state index contributed by atoms with van der Waals surface area (Å²) < 4.78 is 0. The van der Waals surface area contributed by atoms with Gasteiger partial charge in [-0.15, -0.1) is 0 Å². The van der Waals surface area contributed by atoms with Crippen LogP contribution in [0.15, 0.2) is 42.5 Å². The summed E-state index contributed by atoms with van der Waals surface area (Å²) in [5.74, 6) is -1.02. The Morgan fingerprint density at radius 3 is 2.57 bits per heavy atom. The van der Waals surface area contributed by atoms with Crippen LogP contribution < -0.4 is 10.6 Å². The second-order valence-corrected chi connectivity index (χ2v) is 4.80. The van der Waals surface area contributed by atoms with Gasteiger partial charge in [0.25, 0.3) is 0 Å². The fourth-order valence-electron chi connectivity index (χ4n) is 2.20. The van der Waals surface area contributed by atoms with Crippen LogP contribution in [0.5, 0.6) is 0 Å². The van der Waals surface area contributed by atoms with Gasteiger partial charge in [0.1, 0.15) is 6.04 Å². The van der Waals surface area contributed by atoms with Crippen LogP contribution in [0.25, 0.3) is 10.8 Å². The van der Waals surface area contributed by atoms with E-state index in [0.29, 0.717) is 18.5 Å². The molecule has 0 fully saturated rings. The van der Waals surface area contributed by atoms with Crippen LogP contribution in [0, 0.1) is 0 Å². The first kappa shape index (κ1) is 14.8. The molecule has 0 saturated heterocycles. The molecule has 2 amide bonds. The molecular weight excluding hydrogens is 268 g/mol. The number of rotatable bonds is 5. The van der Waals surface area contributed by atoms with Gasteiger partial charge in [-0.2, -0.15) is 0 Å². The highest BCUT2D eigenvalue weighted by Gasteiger charge is 2.18. The number of nitrogens with one attached hydrogen (secondary N) is 2. The molecule has 3 N–H and O–H groups in total. The summed E-state index contributed by atoms with van der Waals surface area (Å²) in [6.07, 6.45) is 1.09. The number of benzene rings is 2. The number of amides is 2. The van der Waals surface area contributed by atoms with Gasteiger partial charge in [-0.05, 0) is 17.9 Å². The Morgan fingerprint density at radius 2 is 1.86 bits per heavy atom. The Labute approximate surface area is 123 Å². The topological polar surface area (TPSA) is 78.4 Å². The number of hydrogen-bond acceptors (Lipinski definition) is 2. The van der Waals surface area contributed by atoms with Crippen molar-refractivity contribution in [2.24, 2.45) is 0 Å². The van der Waals surface area contributed by atoms with E-state index in [1.54, 1.807) is 6.07 Å². The highest BCUT2D eigenvalue weighted by atomic mass is 16.4. The van der Waals surface area contributed by atoms with Crippen molar-refractivity contribution in [3.63, 3.8) is 0 Å². The highest BCUT2D eigenvalue weighted by molar-refractivity contribution is 6.02. The molecular formula is C16H18N2O3. The Balaban J connectivity index is 2.13. The highest BCUT2D eigenvalue weighted by Crippen LogP contribution is 2.22. The molecule has 0 saturated carbocycles. The number of aliphatic carboxylic acids is 1. The minimum atomic E-state index is -1.02. The zero-order valence-electron chi connectivity index (χ0n) is 11.8. The van der Waals surface area contributed by atoms with E-state index in [9.17, 15) is 9.59 Å². The lowest BCUT2D eigenvalue weighted by Gasteiger charge is -2.15. The predicted molar refractivity (Wildman–Crippen MR) is 82.4 cm³/mol. The van der Waals surface area contributed by atoms with Gasteiger partial charge < -0.3 is 15.7 Å². The predicted octanol–water partition coefficient (Wildman–Crippen LogP) is 3.21. The smallest absolute Gasteiger partial charge is 0.326 e. The van der Waals surface area contributed by atoms with Crippen molar-refractivity contribution in [3.05, 3.63) is 42.5 Å². The Bertz CT molecular complexity index is 650. The van der Waals surface area contributed by atoms with Crippen molar-refractivity contribution in [1.29, 1.82) is 0 Å². The summed E-state index contributed by atoms with van der Waals surface area (Å²) in [5.41, 5.74) is 0.659. The summed E-state index contributed by atoms with van der Waals surface area (Å²) >= 11 is 0. The quantitative estimate of drug-likeness (QED) is 0.789. The molecule has 2 aromatic carbocycles. The Kier molecular flexibility index (Phi) is 4.77. The first-order valence-electron chi connectivity index (χ1n) is 6.90.